The first kappa shape index (κ1) is 32.9. The number of alkyl carbamates (subject to hydrolysis) is 1. The number of carbonyl (C=O) groups excluding carboxylic acids is 4. The number of phenolic OH excluding ortho intramolecular Hbond substituents is 2. The summed E-state index contributed by atoms with van der Waals surface area (Å²) in [5, 5.41) is 25.0. The van der Waals surface area contributed by atoms with Crippen molar-refractivity contribution < 1.29 is 38.9 Å². The number of phenols is 2. The van der Waals surface area contributed by atoms with Gasteiger partial charge in [-0.05, 0) is 82.0 Å². The molecule has 2 rings (SSSR count). The van der Waals surface area contributed by atoms with Gasteiger partial charge in [-0.15, -0.1) is 0 Å². The summed E-state index contributed by atoms with van der Waals surface area (Å²) in [5.74, 6) is -1.82. The summed E-state index contributed by atoms with van der Waals surface area (Å²) in [7, 11) is 1.19. The molecule has 3 amide bonds. The first-order valence-corrected chi connectivity index (χ1v) is 13.4. The number of esters is 1. The molecule has 0 radical (unpaired) electrons. The topological polar surface area (TPSA) is 154 Å². The molecule has 11 heteroatoms. The highest BCUT2D eigenvalue weighted by molar-refractivity contribution is 5.93. The summed E-state index contributed by atoms with van der Waals surface area (Å²) in [6, 6.07) is 7.89. The van der Waals surface area contributed by atoms with E-state index in [-0.39, 0.29) is 17.9 Å². The molecule has 0 aromatic heterocycles. The molecule has 2 aromatic rings. The SMILES string of the molecule is CCC(C)N(C(=O)C(Cc1ccc(O)cc1)NC(=O)OC(C)(C)C)C(C(=O)NCC(=O)OC)c1ccc(O)c(C)c1. The number of amides is 3. The van der Waals surface area contributed by atoms with Gasteiger partial charge in [0.25, 0.3) is 0 Å². The Bertz CT molecular complexity index is 1220. The number of nitrogens with zero attached hydrogens (tertiary/aromatic N) is 1. The van der Waals surface area contributed by atoms with Gasteiger partial charge in [0.2, 0.25) is 11.8 Å². The molecule has 0 aliphatic carbocycles. The number of methoxy groups -OCH3 is 1. The first-order chi connectivity index (χ1) is 19.2. The van der Waals surface area contributed by atoms with Crippen molar-refractivity contribution in [3.05, 3.63) is 59.2 Å². The third-order valence-corrected chi connectivity index (χ3v) is 6.38. The number of hydrogen-bond acceptors (Lipinski definition) is 8. The van der Waals surface area contributed by atoms with Gasteiger partial charge in [-0.1, -0.05) is 25.1 Å². The van der Waals surface area contributed by atoms with Crippen LogP contribution in [0, 0.1) is 6.92 Å². The van der Waals surface area contributed by atoms with Crippen LogP contribution in [0.15, 0.2) is 42.5 Å². The Morgan fingerprint density at radius 3 is 2.20 bits per heavy atom. The number of hydrogen-bond donors (Lipinski definition) is 4. The lowest BCUT2D eigenvalue weighted by molar-refractivity contribution is -0.146. The van der Waals surface area contributed by atoms with Gasteiger partial charge in [-0.2, -0.15) is 0 Å². The lowest BCUT2D eigenvalue weighted by Crippen LogP contribution is -2.56. The monoisotopic (exact) mass is 571 g/mol. The van der Waals surface area contributed by atoms with Crippen LogP contribution in [0.3, 0.4) is 0 Å². The second-order valence-corrected chi connectivity index (χ2v) is 10.8. The number of rotatable bonds is 11. The Balaban J connectivity index is 2.61. The fraction of sp³-hybridized carbons (Fsp3) is 0.467. The predicted molar refractivity (Wildman–Crippen MR) is 152 cm³/mol. The Labute approximate surface area is 240 Å². The summed E-state index contributed by atoms with van der Waals surface area (Å²) >= 11 is 0. The minimum Gasteiger partial charge on any atom is -0.508 e. The van der Waals surface area contributed by atoms with Crippen LogP contribution in [0.25, 0.3) is 0 Å². The van der Waals surface area contributed by atoms with Crippen LogP contribution in [0.4, 0.5) is 4.79 Å². The van der Waals surface area contributed by atoms with Crippen molar-refractivity contribution >= 4 is 23.9 Å². The highest BCUT2D eigenvalue weighted by atomic mass is 16.6. The molecule has 0 aliphatic heterocycles. The predicted octanol–water partition coefficient (Wildman–Crippen LogP) is 3.50. The van der Waals surface area contributed by atoms with Crippen molar-refractivity contribution in [1.29, 1.82) is 0 Å². The fourth-order valence-electron chi connectivity index (χ4n) is 4.11. The molecule has 3 unspecified atom stereocenters. The summed E-state index contributed by atoms with van der Waals surface area (Å²) in [4.78, 5) is 54.0. The van der Waals surface area contributed by atoms with Gasteiger partial charge in [0.1, 0.15) is 35.7 Å². The second-order valence-electron chi connectivity index (χ2n) is 10.8. The fourth-order valence-corrected chi connectivity index (χ4v) is 4.11. The molecule has 0 aliphatic rings. The number of carbonyl (C=O) groups is 4. The number of nitrogens with one attached hydrogen (secondary N) is 2. The highest BCUT2D eigenvalue weighted by Crippen LogP contribution is 2.30. The molecule has 41 heavy (non-hydrogen) atoms. The molecule has 0 heterocycles. The van der Waals surface area contributed by atoms with E-state index in [0.29, 0.717) is 23.1 Å². The standard InChI is InChI=1S/C30H41N3O8/c1-8-19(3)33(26(27(37)31-17-25(36)40-7)21-11-14-24(35)18(2)15-21)28(38)23(32-29(39)41-30(4,5)6)16-20-9-12-22(34)13-10-20/h9-15,19,23,26,34-35H,8,16-17H2,1-7H3,(H,31,37)(H,32,39). The maximum atomic E-state index is 14.4. The van der Waals surface area contributed by atoms with Crippen LogP contribution < -0.4 is 10.6 Å². The van der Waals surface area contributed by atoms with E-state index < -0.39 is 54.1 Å². The number of ether oxygens (including phenoxy) is 2. The smallest absolute Gasteiger partial charge is 0.408 e. The Morgan fingerprint density at radius 2 is 1.66 bits per heavy atom. The zero-order chi connectivity index (χ0) is 30.9. The Morgan fingerprint density at radius 1 is 1.02 bits per heavy atom. The minimum absolute atomic E-state index is 0.0145. The van der Waals surface area contributed by atoms with Gasteiger partial charge in [0.05, 0.1) is 7.11 Å². The summed E-state index contributed by atoms with van der Waals surface area (Å²) < 4.78 is 10.1. The van der Waals surface area contributed by atoms with E-state index >= 15 is 0 Å². The average molecular weight is 572 g/mol. The summed E-state index contributed by atoms with van der Waals surface area (Å²) in [6.45, 7) is 9.97. The number of aryl methyl sites for hydroxylation is 1. The quantitative estimate of drug-likeness (QED) is 0.299. The molecule has 0 saturated carbocycles. The van der Waals surface area contributed by atoms with Gasteiger partial charge < -0.3 is 35.2 Å². The maximum absolute atomic E-state index is 14.4. The van der Waals surface area contributed by atoms with Crippen LogP contribution in [0.5, 0.6) is 11.5 Å². The van der Waals surface area contributed by atoms with Crippen molar-refractivity contribution in [2.45, 2.75) is 78.1 Å². The Kier molecular flexibility index (Phi) is 11.5. The third-order valence-electron chi connectivity index (χ3n) is 6.38. The highest BCUT2D eigenvalue weighted by Gasteiger charge is 2.39. The molecule has 11 nitrogen and oxygen atoms in total. The molecule has 0 fully saturated rings. The molecule has 224 valence electrons. The largest absolute Gasteiger partial charge is 0.508 e. The average Bonchev–Trinajstić information content (AvgIpc) is 2.90. The van der Waals surface area contributed by atoms with Crippen molar-refractivity contribution in [3.63, 3.8) is 0 Å². The van der Waals surface area contributed by atoms with Crippen molar-refractivity contribution in [3.8, 4) is 11.5 Å². The van der Waals surface area contributed by atoms with E-state index in [1.54, 1.807) is 52.8 Å². The van der Waals surface area contributed by atoms with Gasteiger partial charge >= 0.3 is 12.1 Å². The molecular weight excluding hydrogens is 530 g/mol. The van der Waals surface area contributed by atoms with Crippen LogP contribution in [0.1, 0.15) is 63.8 Å². The summed E-state index contributed by atoms with van der Waals surface area (Å²) in [6.07, 6.45) is -0.316. The van der Waals surface area contributed by atoms with Gasteiger partial charge in [-0.25, -0.2) is 4.79 Å². The molecule has 0 spiro atoms. The van der Waals surface area contributed by atoms with Gasteiger partial charge in [-0.3, -0.25) is 14.4 Å². The van der Waals surface area contributed by atoms with Crippen LogP contribution in [-0.2, 0) is 30.3 Å². The van der Waals surface area contributed by atoms with Crippen molar-refractivity contribution in [2.24, 2.45) is 0 Å². The molecule has 3 atom stereocenters. The normalized spacial score (nSPS) is 13.3. The third kappa shape index (κ3) is 9.70. The van der Waals surface area contributed by atoms with E-state index in [2.05, 4.69) is 15.4 Å². The molecule has 0 saturated heterocycles. The van der Waals surface area contributed by atoms with E-state index in [0.717, 1.165) is 0 Å². The maximum Gasteiger partial charge on any atom is 0.408 e. The van der Waals surface area contributed by atoms with E-state index in [9.17, 15) is 29.4 Å². The van der Waals surface area contributed by atoms with Crippen molar-refractivity contribution in [1.82, 2.24) is 15.5 Å². The second kappa shape index (κ2) is 14.4. The molecule has 0 bridgehead atoms. The van der Waals surface area contributed by atoms with Crippen LogP contribution >= 0.6 is 0 Å². The molecular formula is C30H41N3O8. The minimum atomic E-state index is -1.22. The van der Waals surface area contributed by atoms with E-state index in [1.807, 2.05) is 6.92 Å². The molecule has 4 N–H and O–H groups in total. The van der Waals surface area contributed by atoms with E-state index in [4.69, 9.17) is 4.74 Å². The number of benzene rings is 2. The van der Waals surface area contributed by atoms with Gasteiger partial charge in [0.15, 0.2) is 0 Å². The van der Waals surface area contributed by atoms with Crippen LogP contribution in [-0.4, -0.2) is 70.3 Å². The summed E-state index contributed by atoms with van der Waals surface area (Å²) in [5.41, 5.74) is 0.703. The Hall–Kier alpha value is -4.28. The first-order valence-electron chi connectivity index (χ1n) is 13.4. The lowest BCUT2D eigenvalue weighted by Gasteiger charge is -2.38. The molecule has 2 aromatic carbocycles. The van der Waals surface area contributed by atoms with Gasteiger partial charge in [0, 0.05) is 12.5 Å². The van der Waals surface area contributed by atoms with E-state index in [1.165, 1.54) is 36.3 Å². The van der Waals surface area contributed by atoms with Crippen molar-refractivity contribution in [2.75, 3.05) is 13.7 Å². The zero-order valence-electron chi connectivity index (χ0n) is 24.7. The number of aromatic hydroxyl groups is 2. The van der Waals surface area contributed by atoms with Crippen LogP contribution in [0.2, 0.25) is 0 Å². The zero-order valence-corrected chi connectivity index (χ0v) is 24.7. The lowest BCUT2D eigenvalue weighted by atomic mass is 9.96.